The van der Waals surface area contributed by atoms with Crippen molar-refractivity contribution in [2.45, 2.75) is 9.79 Å². The van der Waals surface area contributed by atoms with Crippen LogP contribution >= 0.6 is 0 Å². The van der Waals surface area contributed by atoms with E-state index in [2.05, 4.69) is 10.2 Å². The van der Waals surface area contributed by atoms with E-state index in [9.17, 15) is 16.8 Å². The normalized spacial score (nSPS) is 13.0. The average Bonchev–Trinajstić information content (AvgIpc) is 2.62. The molecule has 0 unspecified atom stereocenters. The fraction of sp³-hybridized carbons (Fsp3) is 0. The average molecular weight is 293 g/mol. The minimum Gasteiger partial charge on any atom is -0.396 e. The molecule has 9 nitrogen and oxygen atoms in total. The lowest BCUT2D eigenvalue weighted by Gasteiger charge is -2.06. The number of rotatable bonds is 2. The number of aromatic amines is 1. The third-order valence-electron chi connectivity index (χ3n) is 2.26. The number of hydrogen-bond acceptors (Lipinski definition) is 6. The van der Waals surface area contributed by atoms with Crippen LogP contribution in [0.2, 0.25) is 0 Å². The van der Waals surface area contributed by atoms with E-state index >= 15 is 0 Å². The second-order valence-corrected chi connectivity index (χ2v) is 6.18. The highest BCUT2D eigenvalue weighted by Gasteiger charge is 2.24. The second kappa shape index (κ2) is 3.65. The second-order valence-electron chi connectivity index (χ2n) is 3.40. The molecule has 0 atom stereocenters. The fourth-order valence-corrected chi connectivity index (χ4v) is 2.92. The summed E-state index contributed by atoms with van der Waals surface area (Å²) < 4.78 is 62.3. The number of aromatic nitrogens is 2. The summed E-state index contributed by atoms with van der Waals surface area (Å²) in [5.41, 5.74) is 4.97. The van der Waals surface area contributed by atoms with Crippen LogP contribution in [-0.4, -0.2) is 36.1 Å². The molecule has 5 N–H and O–H groups in total. The Kier molecular flexibility index (Phi) is 2.59. The smallest absolute Gasteiger partial charge is 0.296 e. The number of hydrogen-bond donors (Lipinski definition) is 4. The minimum atomic E-state index is -4.73. The zero-order valence-electron chi connectivity index (χ0n) is 8.52. The minimum absolute atomic E-state index is 0.0811. The first kappa shape index (κ1) is 12.8. The van der Waals surface area contributed by atoms with Crippen LogP contribution in [0.4, 0.5) is 5.69 Å². The summed E-state index contributed by atoms with van der Waals surface area (Å²) in [5.74, 6) is 0. The molecule has 0 spiro atoms. The first-order valence-corrected chi connectivity index (χ1v) is 7.21. The molecule has 0 fully saturated rings. The Bertz CT molecular complexity index is 835. The molecule has 1 aromatic carbocycles. The van der Waals surface area contributed by atoms with E-state index in [0.29, 0.717) is 6.07 Å². The van der Waals surface area contributed by atoms with Gasteiger partial charge in [-0.05, 0) is 6.07 Å². The molecule has 11 heteroatoms. The molecule has 0 aliphatic rings. The van der Waals surface area contributed by atoms with Crippen molar-refractivity contribution in [2.75, 3.05) is 5.73 Å². The molecule has 0 aliphatic heterocycles. The monoisotopic (exact) mass is 293 g/mol. The van der Waals surface area contributed by atoms with Crippen molar-refractivity contribution in [1.82, 2.24) is 10.2 Å². The molecular weight excluding hydrogens is 286 g/mol. The predicted molar refractivity (Wildman–Crippen MR) is 60.1 cm³/mol. The van der Waals surface area contributed by atoms with Crippen LogP contribution in [0.25, 0.3) is 10.9 Å². The third-order valence-corrected chi connectivity index (χ3v) is 4.04. The molecule has 0 radical (unpaired) electrons. The van der Waals surface area contributed by atoms with Gasteiger partial charge < -0.3 is 5.73 Å². The van der Waals surface area contributed by atoms with Crippen LogP contribution in [-0.2, 0) is 20.2 Å². The summed E-state index contributed by atoms with van der Waals surface area (Å²) >= 11 is 0. The molecule has 1 heterocycles. The maximum Gasteiger partial charge on any atom is 0.296 e. The van der Waals surface area contributed by atoms with E-state index in [-0.39, 0.29) is 10.9 Å². The van der Waals surface area contributed by atoms with E-state index < -0.39 is 35.7 Å². The van der Waals surface area contributed by atoms with Gasteiger partial charge in [-0.3, -0.25) is 14.2 Å². The highest BCUT2D eigenvalue weighted by atomic mass is 32.2. The summed E-state index contributed by atoms with van der Waals surface area (Å²) in [7, 11) is -9.42. The van der Waals surface area contributed by atoms with Crippen LogP contribution in [0, 0.1) is 0 Å². The molecule has 0 amide bonds. The first-order valence-electron chi connectivity index (χ1n) is 4.33. The van der Waals surface area contributed by atoms with Gasteiger partial charge in [0.1, 0.15) is 9.79 Å². The van der Waals surface area contributed by atoms with E-state index in [0.717, 1.165) is 6.20 Å². The lowest BCUT2D eigenvalue weighted by Crippen LogP contribution is -2.07. The van der Waals surface area contributed by atoms with Gasteiger partial charge in [0.15, 0.2) is 0 Å². The van der Waals surface area contributed by atoms with Crippen molar-refractivity contribution in [3.8, 4) is 0 Å². The van der Waals surface area contributed by atoms with Crippen molar-refractivity contribution in [3.05, 3.63) is 12.3 Å². The Morgan fingerprint density at radius 2 is 1.67 bits per heavy atom. The molecule has 18 heavy (non-hydrogen) atoms. The highest BCUT2D eigenvalue weighted by Crippen LogP contribution is 2.31. The maximum atomic E-state index is 11.1. The van der Waals surface area contributed by atoms with Gasteiger partial charge in [-0.25, -0.2) is 0 Å². The Morgan fingerprint density at radius 1 is 1.11 bits per heavy atom. The standard InChI is InChI=1S/C7H7N3O6S2/c8-6-5(18(14,15)16)1-4(17(11,12)13)3-2-9-10-7(3)6/h1-2H,8H2,(H,9,10)(H,11,12,13)(H,14,15,16). The number of benzene rings is 1. The molecule has 0 aliphatic carbocycles. The Labute approximate surface area is 101 Å². The predicted octanol–water partition coefficient (Wildman–Crippen LogP) is -0.361. The van der Waals surface area contributed by atoms with Gasteiger partial charge in [0.2, 0.25) is 0 Å². The van der Waals surface area contributed by atoms with Crippen molar-refractivity contribution in [1.29, 1.82) is 0 Å². The van der Waals surface area contributed by atoms with E-state index in [4.69, 9.17) is 14.8 Å². The molecule has 1 aromatic heterocycles. The Morgan fingerprint density at radius 3 is 2.17 bits per heavy atom. The molecule has 0 bridgehead atoms. The number of nitrogens with two attached hydrogens (primary N) is 1. The molecule has 2 aromatic rings. The van der Waals surface area contributed by atoms with Crippen LogP contribution in [0.5, 0.6) is 0 Å². The number of H-pyrrole nitrogens is 1. The molecule has 98 valence electrons. The quantitative estimate of drug-likeness (QED) is 0.430. The lowest BCUT2D eigenvalue weighted by molar-refractivity contribution is 0.482. The first-order chi connectivity index (χ1) is 8.12. The van der Waals surface area contributed by atoms with Gasteiger partial charge in [0.05, 0.1) is 17.4 Å². The zero-order valence-corrected chi connectivity index (χ0v) is 10.2. The van der Waals surface area contributed by atoms with Crippen molar-refractivity contribution in [2.24, 2.45) is 0 Å². The van der Waals surface area contributed by atoms with Crippen molar-refractivity contribution in [3.63, 3.8) is 0 Å². The summed E-state index contributed by atoms with van der Waals surface area (Å²) in [4.78, 5) is -1.54. The number of nitrogen functional groups attached to an aromatic ring is 1. The molecule has 0 saturated carbocycles. The van der Waals surface area contributed by atoms with Crippen LogP contribution in [0.15, 0.2) is 22.1 Å². The van der Waals surface area contributed by atoms with Crippen molar-refractivity contribution < 1.29 is 25.9 Å². The molecule has 0 saturated heterocycles. The fourth-order valence-electron chi connectivity index (χ4n) is 1.50. The van der Waals surface area contributed by atoms with Gasteiger partial charge in [-0.15, -0.1) is 0 Å². The number of fused-ring (bicyclic) bond motifs is 1. The van der Waals surface area contributed by atoms with E-state index in [1.165, 1.54) is 0 Å². The summed E-state index contributed by atoms with van der Waals surface area (Å²) in [6, 6.07) is 0.567. The largest absolute Gasteiger partial charge is 0.396 e. The highest BCUT2D eigenvalue weighted by molar-refractivity contribution is 7.87. The topological polar surface area (TPSA) is 163 Å². The van der Waals surface area contributed by atoms with Crippen LogP contribution in [0.1, 0.15) is 0 Å². The zero-order chi connectivity index (χ0) is 13.7. The van der Waals surface area contributed by atoms with Gasteiger partial charge in [-0.1, -0.05) is 0 Å². The Hall–Kier alpha value is -1.69. The van der Waals surface area contributed by atoms with Gasteiger partial charge in [0.25, 0.3) is 20.2 Å². The molecule has 2 rings (SSSR count). The molecular formula is C7H7N3O6S2. The summed E-state index contributed by atoms with van der Waals surface area (Å²) in [6.45, 7) is 0. The Balaban J connectivity index is 3.06. The van der Waals surface area contributed by atoms with E-state index in [1.807, 2.05) is 0 Å². The third kappa shape index (κ3) is 1.92. The summed E-state index contributed by atoms with van der Waals surface area (Å²) in [6.07, 6.45) is 1.06. The van der Waals surface area contributed by atoms with Gasteiger partial charge in [-0.2, -0.15) is 21.9 Å². The number of anilines is 1. The van der Waals surface area contributed by atoms with E-state index in [1.54, 1.807) is 0 Å². The van der Waals surface area contributed by atoms with Gasteiger partial charge in [0, 0.05) is 5.39 Å². The van der Waals surface area contributed by atoms with Gasteiger partial charge >= 0.3 is 0 Å². The van der Waals surface area contributed by atoms with Crippen LogP contribution in [0.3, 0.4) is 0 Å². The SMILES string of the molecule is Nc1c(S(=O)(=O)O)cc(S(=O)(=O)O)c2cn[nH]c12. The van der Waals surface area contributed by atoms with Crippen LogP contribution < -0.4 is 5.73 Å². The number of nitrogens with zero attached hydrogens (tertiary/aromatic N) is 1. The summed E-state index contributed by atoms with van der Waals surface area (Å²) in [5, 5.41) is 5.71. The maximum absolute atomic E-state index is 11.1. The van der Waals surface area contributed by atoms with Crippen molar-refractivity contribution >= 4 is 36.8 Å². The lowest BCUT2D eigenvalue weighted by atomic mass is 10.2. The number of nitrogens with one attached hydrogen (secondary N) is 1.